The summed E-state index contributed by atoms with van der Waals surface area (Å²) in [5.74, 6) is 2.16. The third-order valence-electron chi connectivity index (χ3n) is 7.69. The molecular weight excluding hydrogens is 444 g/mol. The Morgan fingerprint density at radius 1 is 1.09 bits per heavy atom. The number of nitrogens with one attached hydrogen (secondary N) is 1. The summed E-state index contributed by atoms with van der Waals surface area (Å²) in [4.78, 5) is 28.1. The van der Waals surface area contributed by atoms with E-state index < -0.39 is 0 Å². The first kappa shape index (κ1) is 20.3. The Bertz CT molecular complexity index is 1140. The Balaban J connectivity index is 1.34. The lowest BCUT2D eigenvalue weighted by Crippen LogP contribution is -2.48. The minimum atomic E-state index is -0.380. The SMILES string of the molecule is O=C1NC(=O)C(=Cc2ccc(-c3cc(Cl)c(O)c(C45CC6CC(CC(C6)C4)C5)c3)nc2)S1. The maximum absolute atomic E-state index is 11.8. The summed E-state index contributed by atoms with van der Waals surface area (Å²) in [7, 11) is 0. The van der Waals surface area contributed by atoms with Gasteiger partial charge in [-0.1, -0.05) is 17.7 Å². The topological polar surface area (TPSA) is 79.3 Å². The Morgan fingerprint density at radius 2 is 1.78 bits per heavy atom. The highest BCUT2D eigenvalue weighted by Gasteiger charge is 2.52. The summed E-state index contributed by atoms with van der Waals surface area (Å²) in [6, 6.07) is 7.63. The Morgan fingerprint density at radius 3 is 2.34 bits per heavy atom. The summed E-state index contributed by atoms with van der Waals surface area (Å²) < 4.78 is 0. The summed E-state index contributed by atoms with van der Waals surface area (Å²) >= 11 is 7.41. The zero-order valence-electron chi connectivity index (χ0n) is 17.4. The number of aromatic hydroxyl groups is 1. The predicted octanol–water partition coefficient (Wildman–Crippen LogP) is 5.90. The van der Waals surface area contributed by atoms with Crippen molar-refractivity contribution in [3.8, 4) is 17.0 Å². The number of aromatic nitrogens is 1. The minimum Gasteiger partial charge on any atom is -0.506 e. The Hall–Kier alpha value is -2.31. The van der Waals surface area contributed by atoms with Crippen molar-refractivity contribution in [1.29, 1.82) is 0 Å². The van der Waals surface area contributed by atoms with E-state index in [-0.39, 0.29) is 22.3 Å². The van der Waals surface area contributed by atoms with Crippen LogP contribution in [0.4, 0.5) is 4.79 Å². The molecule has 0 atom stereocenters. The van der Waals surface area contributed by atoms with Crippen LogP contribution >= 0.6 is 23.4 Å². The fourth-order valence-electron chi connectivity index (χ4n) is 6.83. The van der Waals surface area contributed by atoms with Crippen molar-refractivity contribution in [1.82, 2.24) is 10.3 Å². The fraction of sp³-hybridized carbons (Fsp3) is 0.400. The van der Waals surface area contributed by atoms with Crippen LogP contribution in [0.15, 0.2) is 35.4 Å². The van der Waals surface area contributed by atoms with Gasteiger partial charge in [-0.25, -0.2) is 0 Å². The van der Waals surface area contributed by atoms with E-state index in [1.165, 1.54) is 19.3 Å². The van der Waals surface area contributed by atoms with Crippen LogP contribution in [0.5, 0.6) is 5.75 Å². The van der Waals surface area contributed by atoms with Crippen molar-refractivity contribution in [3.63, 3.8) is 0 Å². The number of carbonyl (C=O) groups excluding carboxylic acids is 2. The number of thioether (sulfide) groups is 1. The Labute approximate surface area is 195 Å². The number of pyridine rings is 1. The second-order valence-corrected chi connectivity index (χ2v) is 11.3. The van der Waals surface area contributed by atoms with Crippen LogP contribution in [-0.2, 0) is 10.2 Å². The highest BCUT2D eigenvalue weighted by Crippen LogP contribution is 2.62. The normalized spacial score (nSPS) is 32.0. The molecule has 32 heavy (non-hydrogen) atoms. The van der Waals surface area contributed by atoms with Crippen LogP contribution in [0.25, 0.3) is 17.3 Å². The van der Waals surface area contributed by atoms with E-state index in [0.29, 0.717) is 9.93 Å². The third-order valence-corrected chi connectivity index (χ3v) is 8.79. The van der Waals surface area contributed by atoms with Gasteiger partial charge in [0, 0.05) is 17.3 Å². The van der Waals surface area contributed by atoms with Crippen LogP contribution in [-0.4, -0.2) is 21.2 Å². The van der Waals surface area contributed by atoms with E-state index in [1.807, 2.05) is 12.1 Å². The number of halogens is 1. The average Bonchev–Trinajstić information content (AvgIpc) is 3.06. The number of hydrogen-bond donors (Lipinski definition) is 2. The van der Waals surface area contributed by atoms with Gasteiger partial charge in [0.1, 0.15) is 5.75 Å². The van der Waals surface area contributed by atoms with E-state index in [9.17, 15) is 14.7 Å². The van der Waals surface area contributed by atoms with Crippen molar-refractivity contribution < 1.29 is 14.7 Å². The Kier molecular flexibility index (Phi) is 4.67. The van der Waals surface area contributed by atoms with Crippen molar-refractivity contribution in [2.75, 3.05) is 0 Å². The van der Waals surface area contributed by atoms with E-state index >= 15 is 0 Å². The number of imide groups is 1. The van der Waals surface area contributed by atoms with Gasteiger partial charge in [-0.05, 0) is 103 Å². The van der Waals surface area contributed by atoms with Gasteiger partial charge in [0.2, 0.25) is 0 Å². The van der Waals surface area contributed by atoms with Crippen LogP contribution in [0.3, 0.4) is 0 Å². The number of amides is 2. The molecule has 0 radical (unpaired) electrons. The maximum atomic E-state index is 11.8. The molecule has 1 saturated heterocycles. The standard InChI is InChI=1S/C25H23ClN2O3S/c26-19-8-17(20-2-1-13(12-27-20)6-21-23(30)28-24(31)32-21)7-18(22(19)29)25-9-14-3-15(10-25)5-16(4-14)11-25/h1-2,6-8,12,14-16,29H,3-5,9-11H2,(H,28,30,31). The quantitative estimate of drug-likeness (QED) is 0.550. The maximum Gasteiger partial charge on any atom is 0.290 e. The molecule has 0 spiro atoms. The van der Waals surface area contributed by atoms with Crippen molar-refractivity contribution in [3.05, 3.63) is 51.5 Å². The number of phenolic OH excluding ortho intramolecular Hbond substituents is 1. The van der Waals surface area contributed by atoms with Crippen LogP contribution in [0.1, 0.15) is 49.7 Å². The van der Waals surface area contributed by atoms with E-state index in [2.05, 4.69) is 16.4 Å². The minimum absolute atomic E-state index is 0.0302. The molecule has 5 aliphatic rings. The molecule has 5 fully saturated rings. The second kappa shape index (κ2) is 7.35. The molecule has 2 amide bonds. The van der Waals surface area contributed by atoms with Gasteiger partial charge < -0.3 is 5.11 Å². The van der Waals surface area contributed by atoms with Crippen LogP contribution < -0.4 is 5.32 Å². The van der Waals surface area contributed by atoms with Gasteiger partial charge in [0.05, 0.1) is 15.6 Å². The molecule has 1 aliphatic heterocycles. The van der Waals surface area contributed by atoms with Gasteiger partial charge in [0.25, 0.3) is 11.1 Å². The van der Waals surface area contributed by atoms with Gasteiger partial charge in [-0.15, -0.1) is 0 Å². The van der Waals surface area contributed by atoms with E-state index in [4.69, 9.17) is 11.6 Å². The molecule has 7 heteroatoms. The third kappa shape index (κ3) is 3.35. The first-order valence-electron chi connectivity index (χ1n) is 11.1. The summed E-state index contributed by atoms with van der Waals surface area (Å²) in [6.45, 7) is 0. The molecule has 0 unspecified atom stereocenters. The molecule has 4 aliphatic carbocycles. The van der Waals surface area contributed by atoms with Crippen molar-refractivity contribution in [2.45, 2.75) is 43.9 Å². The highest BCUT2D eigenvalue weighted by molar-refractivity contribution is 8.18. The number of nitrogens with zero attached hydrogens (tertiary/aromatic N) is 1. The van der Waals surface area contributed by atoms with Crippen molar-refractivity contribution >= 4 is 40.6 Å². The molecule has 1 aromatic heterocycles. The van der Waals surface area contributed by atoms with Gasteiger partial charge in [-0.3, -0.25) is 19.9 Å². The molecule has 4 saturated carbocycles. The van der Waals surface area contributed by atoms with Gasteiger partial charge in [-0.2, -0.15) is 0 Å². The summed E-state index contributed by atoms with van der Waals surface area (Å²) in [5.41, 5.74) is 3.42. The summed E-state index contributed by atoms with van der Waals surface area (Å²) in [5, 5.41) is 13.2. The lowest BCUT2D eigenvalue weighted by Gasteiger charge is -2.57. The largest absolute Gasteiger partial charge is 0.506 e. The molecule has 2 heterocycles. The molecule has 2 aromatic rings. The lowest BCUT2D eigenvalue weighted by molar-refractivity contribution is -0.115. The van der Waals surface area contributed by atoms with E-state index in [1.54, 1.807) is 18.3 Å². The highest BCUT2D eigenvalue weighted by atomic mass is 35.5. The molecule has 164 valence electrons. The lowest BCUT2D eigenvalue weighted by atomic mass is 9.48. The summed E-state index contributed by atoms with van der Waals surface area (Å²) in [6.07, 6.45) is 10.8. The van der Waals surface area contributed by atoms with Crippen LogP contribution in [0, 0.1) is 17.8 Å². The average molecular weight is 467 g/mol. The molecular formula is C25H23ClN2O3S. The number of carbonyl (C=O) groups is 2. The predicted molar refractivity (Wildman–Crippen MR) is 125 cm³/mol. The monoisotopic (exact) mass is 466 g/mol. The van der Waals surface area contributed by atoms with Crippen LogP contribution in [0.2, 0.25) is 5.02 Å². The molecule has 1 aromatic carbocycles. The molecule has 2 N–H and O–H groups in total. The number of hydrogen-bond acceptors (Lipinski definition) is 5. The second-order valence-electron chi connectivity index (χ2n) is 9.88. The molecule has 4 bridgehead atoms. The first-order chi connectivity index (χ1) is 15.4. The number of rotatable bonds is 3. The zero-order chi connectivity index (χ0) is 22.0. The van der Waals surface area contributed by atoms with E-state index in [0.717, 1.165) is 71.2 Å². The van der Waals surface area contributed by atoms with Gasteiger partial charge in [0.15, 0.2) is 0 Å². The molecule has 5 nitrogen and oxygen atoms in total. The zero-order valence-corrected chi connectivity index (χ0v) is 19.0. The molecule has 7 rings (SSSR count). The number of phenols is 1. The first-order valence-corrected chi connectivity index (χ1v) is 12.3. The van der Waals surface area contributed by atoms with Crippen molar-refractivity contribution in [2.24, 2.45) is 17.8 Å². The fourth-order valence-corrected chi connectivity index (χ4v) is 7.73. The van der Waals surface area contributed by atoms with Gasteiger partial charge >= 0.3 is 0 Å². The smallest absolute Gasteiger partial charge is 0.290 e. The number of benzene rings is 1.